The SMILES string of the molecule is CC(C)C(CNC(=O)CC1(C(=O)O)CCCC1)C(C)C. The highest BCUT2D eigenvalue weighted by molar-refractivity contribution is 5.85. The van der Waals surface area contributed by atoms with E-state index in [0.29, 0.717) is 37.1 Å². The number of carboxylic acids is 1. The molecule has 0 spiro atoms. The van der Waals surface area contributed by atoms with Gasteiger partial charge >= 0.3 is 5.97 Å². The van der Waals surface area contributed by atoms with Crippen molar-refractivity contribution in [1.82, 2.24) is 5.32 Å². The summed E-state index contributed by atoms with van der Waals surface area (Å²) in [6, 6.07) is 0. The van der Waals surface area contributed by atoms with E-state index in [2.05, 4.69) is 33.0 Å². The van der Waals surface area contributed by atoms with Crippen molar-refractivity contribution in [2.24, 2.45) is 23.2 Å². The number of nitrogens with one attached hydrogen (secondary N) is 1. The molecule has 0 heterocycles. The summed E-state index contributed by atoms with van der Waals surface area (Å²) in [7, 11) is 0. The maximum absolute atomic E-state index is 12.1. The van der Waals surface area contributed by atoms with E-state index < -0.39 is 11.4 Å². The van der Waals surface area contributed by atoms with Gasteiger partial charge in [0.05, 0.1) is 5.41 Å². The van der Waals surface area contributed by atoms with Gasteiger partial charge in [0.25, 0.3) is 0 Å². The molecule has 4 nitrogen and oxygen atoms in total. The van der Waals surface area contributed by atoms with Crippen LogP contribution in [0.4, 0.5) is 0 Å². The van der Waals surface area contributed by atoms with Crippen LogP contribution in [0.15, 0.2) is 0 Å². The van der Waals surface area contributed by atoms with E-state index in [1.54, 1.807) is 0 Å². The van der Waals surface area contributed by atoms with Crippen LogP contribution in [0, 0.1) is 23.2 Å². The van der Waals surface area contributed by atoms with Gasteiger partial charge in [0, 0.05) is 13.0 Å². The maximum Gasteiger partial charge on any atom is 0.310 e. The highest BCUT2D eigenvalue weighted by Crippen LogP contribution is 2.41. The lowest BCUT2D eigenvalue weighted by molar-refractivity contribution is -0.151. The monoisotopic (exact) mass is 283 g/mol. The summed E-state index contributed by atoms with van der Waals surface area (Å²) in [5.74, 6) is 0.531. The van der Waals surface area contributed by atoms with Crippen LogP contribution in [0.3, 0.4) is 0 Å². The van der Waals surface area contributed by atoms with E-state index in [-0.39, 0.29) is 12.3 Å². The van der Waals surface area contributed by atoms with Gasteiger partial charge in [-0.2, -0.15) is 0 Å². The molecule has 0 radical (unpaired) electrons. The van der Waals surface area contributed by atoms with Crippen LogP contribution in [0.1, 0.15) is 59.8 Å². The summed E-state index contributed by atoms with van der Waals surface area (Å²) in [5, 5.41) is 12.3. The van der Waals surface area contributed by atoms with E-state index >= 15 is 0 Å². The highest BCUT2D eigenvalue weighted by atomic mass is 16.4. The summed E-state index contributed by atoms with van der Waals surface area (Å²) in [5.41, 5.74) is -0.810. The van der Waals surface area contributed by atoms with Gasteiger partial charge in [-0.1, -0.05) is 40.5 Å². The molecule has 0 unspecified atom stereocenters. The summed E-state index contributed by atoms with van der Waals surface area (Å²) in [6.07, 6.45) is 3.23. The number of rotatable bonds is 7. The molecule has 1 saturated carbocycles. The minimum atomic E-state index is -0.811. The van der Waals surface area contributed by atoms with Crippen LogP contribution in [0.25, 0.3) is 0 Å². The van der Waals surface area contributed by atoms with Crippen molar-refractivity contribution < 1.29 is 14.7 Å². The lowest BCUT2D eigenvalue weighted by Crippen LogP contribution is -2.39. The molecule has 4 heteroatoms. The van der Waals surface area contributed by atoms with Gasteiger partial charge in [-0.3, -0.25) is 9.59 Å². The lowest BCUT2D eigenvalue weighted by atomic mass is 9.82. The van der Waals surface area contributed by atoms with Crippen molar-refractivity contribution in [3.8, 4) is 0 Å². The summed E-state index contributed by atoms with van der Waals surface area (Å²) in [4.78, 5) is 23.5. The molecule has 1 aliphatic carbocycles. The molecule has 2 N–H and O–H groups in total. The van der Waals surface area contributed by atoms with E-state index in [1.165, 1.54) is 0 Å². The number of carboxylic acid groups (broad SMARTS) is 1. The van der Waals surface area contributed by atoms with Crippen LogP contribution in [0.5, 0.6) is 0 Å². The number of hydrogen-bond acceptors (Lipinski definition) is 2. The minimum absolute atomic E-state index is 0.111. The Kier molecular flexibility index (Phi) is 6.03. The quantitative estimate of drug-likeness (QED) is 0.754. The second kappa shape index (κ2) is 7.09. The van der Waals surface area contributed by atoms with Gasteiger partial charge in [0.15, 0.2) is 0 Å². The Morgan fingerprint density at radius 1 is 1.10 bits per heavy atom. The van der Waals surface area contributed by atoms with E-state index in [4.69, 9.17) is 0 Å². The molecule has 0 aromatic rings. The van der Waals surface area contributed by atoms with Crippen molar-refractivity contribution in [1.29, 1.82) is 0 Å². The third-order valence-electron chi connectivity index (χ3n) is 4.76. The van der Waals surface area contributed by atoms with Gasteiger partial charge in [0.1, 0.15) is 0 Å². The third-order valence-corrected chi connectivity index (χ3v) is 4.76. The summed E-state index contributed by atoms with van der Waals surface area (Å²) >= 11 is 0. The van der Waals surface area contributed by atoms with Crippen molar-refractivity contribution in [3.63, 3.8) is 0 Å². The zero-order valence-corrected chi connectivity index (χ0v) is 13.2. The summed E-state index contributed by atoms with van der Waals surface area (Å²) < 4.78 is 0. The molecular weight excluding hydrogens is 254 g/mol. The van der Waals surface area contributed by atoms with Crippen LogP contribution in [-0.2, 0) is 9.59 Å². The Morgan fingerprint density at radius 2 is 1.60 bits per heavy atom. The topological polar surface area (TPSA) is 66.4 Å². The predicted octanol–water partition coefficient (Wildman–Crippen LogP) is 3.07. The largest absolute Gasteiger partial charge is 0.481 e. The average Bonchev–Trinajstić information content (AvgIpc) is 2.77. The van der Waals surface area contributed by atoms with Crippen LogP contribution in [-0.4, -0.2) is 23.5 Å². The van der Waals surface area contributed by atoms with E-state index in [0.717, 1.165) is 12.8 Å². The Morgan fingerprint density at radius 3 is 2.00 bits per heavy atom. The Hall–Kier alpha value is -1.06. The van der Waals surface area contributed by atoms with Gasteiger partial charge in [-0.05, 0) is 30.6 Å². The molecule has 0 aromatic heterocycles. The second-order valence-corrected chi connectivity index (χ2v) is 6.93. The normalized spacial score (nSPS) is 17.9. The fourth-order valence-electron chi connectivity index (χ4n) is 3.36. The highest BCUT2D eigenvalue weighted by Gasteiger charge is 2.42. The van der Waals surface area contributed by atoms with Crippen molar-refractivity contribution in [3.05, 3.63) is 0 Å². The van der Waals surface area contributed by atoms with Gasteiger partial charge in [-0.15, -0.1) is 0 Å². The van der Waals surface area contributed by atoms with Gasteiger partial charge in [-0.25, -0.2) is 0 Å². The fraction of sp³-hybridized carbons (Fsp3) is 0.875. The number of carbonyl (C=O) groups excluding carboxylic acids is 1. The molecule has 1 rings (SSSR count). The zero-order valence-electron chi connectivity index (χ0n) is 13.2. The molecule has 0 saturated heterocycles. The minimum Gasteiger partial charge on any atom is -0.481 e. The predicted molar refractivity (Wildman–Crippen MR) is 79.3 cm³/mol. The molecule has 1 fully saturated rings. The first kappa shape index (κ1) is 17.0. The second-order valence-electron chi connectivity index (χ2n) is 6.93. The third kappa shape index (κ3) is 4.22. The first-order valence-corrected chi connectivity index (χ1v) is 7.78. The Bertz CT molecular complexity index is 336. The Balaban J connectivity index is 2.52. The van der Waals surface area contributed by atoms with Gasteiger partial charge < -0.3 is 10.4 Å². The van der Waals surface area contributed by atoms with E-state index in [1.807, 2.05) is 0 Å². The lowest BCUT2D eigenvalue weighted by Gasteiger charge is -2.27. The number of hydrogen-bond donors (Lipinski definition) is 2. The first-order valence-electron chi connectivity index (χ1n) is 7.78. The number of carbonyl (C=O) groups is 2. The molecule has 0 bridgehead atoms. The smallest absolute Gasteiger partial charge is 0.310 e. The number of aliphatic carboxylic acids is 1. The van der Waals surface area contributed by atoms with Gasteiger partial charge in [0.2, 0.25) is 5.91 Å². The van der Waals surface area contributed by atoms with Crippen molar-refractivity contribution >= 4 is 11.9 Å². The van der Waals surface area contributed by atoms with Crippen LogP contribution in [0.2, 0.25) is 0 Å². The Labute approximate surface area is 122 Å². The molecule has 1 aliphatic rings. The van der Waals surface area contributed by atoms with Crippen LogP contribution >= 0.6 is 0 Å². The maximum atomic E-state index is 12.1. The zero-order chi connectivity index (χ0) is 15.3. The first-order chi connectivity index (χ1) is 9.28. The molecule has 20 heavy (non-hydrogen) atoms. The molecule has 0 atom stereocenters. The molecule has 116 valence electrons. The fourth-order valence-corrected chi connectivity index (χ4v) is 3.36. The number of amides is 1. The average molecular weight is 283 g/mol. The molecule has 0 aromatic carbocycles. The van der Waals surface area contributed by atoms with Crippen molar-refractivity contribution in [2.75, 3.05) is 6.54 Å². The molecule has 0 aliphatic heterocycles. The van der Waals surface area contributed by atoms with Crippen LogP contribution < -0.4 is 5.32 Å². The summed E-state index contributed by atoms with van der Waals surface area (Å²) in [6.45, 7) is 9.28. The molecular formula is C16H29NO3. The van der Waals surface area contributed by atoms with E-state index in [9.17, 15) is 14.7 Å². The molecule has 1 amide bonds. The standard InChI is InChI=1S/C16H29NO3/c1-11(2)13(12(3)4)10-17-14(18)9-16(15(19)20)7-5-6-8-16/h11-13H,5-10H2,1-4H3,(H,17,18)(H,19,20). The van der Waals surface area contributed by atoms with Crippen molar-refractivity contribution in [2.45, 2.75) is 59.8 Å².